The Morgan fingerprint density at radius 1 is 1.43 bits per heavy atom. The van der Waals surface area contributed by atoms with Gasteiger partial charge in [-0.2, -0.15) is 0 Å². The molecule has 6 heteroatoms. The van der Waals surface area contributed by atoms with Crippen LogP contribution in [0.4, 0.5) is 0 Å². The van der Waals surface area contributed by atoms with Gasteiger partial charge in [0.05, 0.1) is 12.7 Å². The molecule has 23 heavy (non-hydrogen) atoms. The highest BCUT2D eigenvalue weighted by molar-refractivity contribution is 6.30. The minimum atomic E-state index is -0.0899. The lowest BCUT2D eigenvalue weighted by Gasteiger charge is -2.33. The Labute approximate surface area is 141 Å². The SMILES string of the molecule is CCCC(=O)NC1CCCN(C(=O)c2ccc(Cl)cc2OC)C1. The first-order valence-corrected chi connectivity index (χ1v) is 8.35. The van der Waals surface area contributed by atoms with Gasteiger partial charge in [0.25, 0.3) is 5.91 Å². The molecule has 0 aliphatic carbocycles. The second-order valence-corrected chi connectivity index (χ2v) is 6.19. The maximum absolute atomic E-state index is 12.7. The van der Waals surface area contributed by atoms with Crippen LogP contribution in [0.2, 0.25) is 5.02 Å². The summed E-state index contributed by atoms with van der Waals surface area (Å²) in [5.41, 5.74) is 0.498. The van der Waals surface area contributed by atoms with Crippen molar-refractivity contribution in [3.05, 3.63) is 28.8 Å². The van der Waals surface area contributed by atoms with E-state index in [0.717, 1.165) is 19.3 Å². The van der Waals surface area contributed by atoms with E-state index >= 15 is 0 Å². The summed E-state index contributed by atoms with van der Waals surface area (Å²) in [5, 5.41) is 3.54. The Bertz CT molecular complexity index is 577. The molecule has 5 nitrogen and oxygen atoms in total. The van der Waals surface area contributed by atoms with Gasteiger partial charge in [0.2, 0.25) is 5.91 Å². The molecular weight excluding hydrogens is 316 g/mol. The Balaban J connectivity index is 2.06. The van der Waals surface area contributed by atoms with Gasteiger partial charge >= 0.3 is 0 Å². The molecule has 1 fully saturated rings. The lowest BCUT2D eigenvalue weighted by Crippen LogP contribution is -2.49. The minimum absolute atomic E-state index is 0.0186. The fourth-order valence-electron chi connectivity index (χ4n) is 2.82. The number of amides is 2. The van der Waals surface area contributed by atoms with E-state index in [0.29, 0.717) is 35.8 Å². The summed E-state index contributed by atoms with van der Waals surface area (Å²) in [6.45, 7) is 3.19. The number of carbonyl (C=O) groups is 2. The van der Waals surface area contributed by atoms with Crippen molar-refractivity contribution in [2.45, 2.75) is 38.6 Å². The number of halogens is 1. The molecule has 1 aromatic carbocycles. The van der Waals surface area contributed by atoms with E-state index in [4.69, 9.17) is 16.3 Å². The third-order valence-electron chi connectivity index (χ3n) is 3.94. The number of hydrogen-bond acceptors (Lipinski definition) is 3. The van der Waals surface area contributed by atoms with Crippen LogP contribution in [-0.4, -0.2) is 43.0 Å². The molecule has 1 heterocycles. The van der Waals surface area contributed by atoms with Gasteiger partial charge in [-0.15, -0.1) is 0 Å². The van der Waals surface area contributed by atoms with E-state index in [9.17, 15) is 9.59 Å². The van der Waals surface area contributed by atoms with Crippen molar-refractivity contribution in [1.82, 2.24) is 10.2 Å². The number of rotatable bonds is 5. The van der Waals surface area contributed by atoms with Gasteiger partial charge in [-0.3, -0.25) is 9.59 Å². The second kappa shape index (κ2) is 8.20. The quantitative estimate of drug-likeness (QED) is 0.898. The molecule has 126 valence electrons. The predicted octanol–water partition coefficient (Wildman–Crippen LogP) is 2.87. The molecule has 0 radical (unpaired) electrons. The van der Waals surface area contributed by atoms with E-state index in [-0.39, 0.29) is 17.9 Å². The van der Waals surface area contributed by atoms with Gasteiger partial charge in [0, 0.05) is 30.6 Å². The molecule has 1 N–H and O–H groups in total. The molecule has 1 aliphatic rings. The van der Waals surface area contributed by atoms with Gasteiger partial charge in [0.15, 0.2) is 0 Å². The zero-order valence-corrected chi connectivity index (χ0v) is 14.4. The molecule has 1 aromatic rings. The molecule has 1 atom stereocenters. The fraction of sp³-hybridized carbons (Fsp3) is 0.529. The third kappa shape index (κ3) is 4.61. The summed E-state index contributed by atoms with van der Waals surface area (Å²) >= 11 is 5.94. The summed E-state index contributed by atoms with van der Waals surface area (Å²) < 4.78 is 5.26. The number of nitrogens with one attached hydrogen (secondary N) is 1. The van der Waals surface area contributed by atoms with Crippen molar-refractivity contribution in [2.75, 3.05) is 20.2 Å². The van der Waals surface area contributed by atoms with Gasteiger partial charge in [-0.05, 0) is 37.5 Å². The van der Waals surface area contributed by atoms with Crippen LogP contribution in [0.5, 0.6) is 5.75 Å². The van der Waals surface area contributed by atoms with Crippen LogP contribution in [0, 0.1) is 0 Å². The average Bonchev–Trinajstić information content (AvgIpc) is 2.54. The van der Waals surface area contributed by atoms with Crippen LogP contribution in [0.15, 0.2) is 18.2 Å². The molecule has 1 aliphatic heterocycles. The predicted molar refractivity (Wildman–Crippen MR) is 90.0 cm³/mol. The maximum Gasteiger partial charge on any atom is 0.257 e. The van der Waals surface area contributed by atoms with E-state index in [1.807, 2.05) is 6.92 Å². The van der Waals surface area contributed by atoms with Crippen molar-refractivity contribution in [1.29, 1.82) is 0 Å². The highest BCUT2D eigenvalue weighted by Crippen LogP contribution is 2.25. The van der Waals surface area contributed by atoms with Crippen LogP contribution in [0.1, 0.15) is 43.0 Å². The molecule has 0 spiro atoms. The Morgan fingerprint density at radius 3 is 2.91 bits per heavy atom. The zero-order chi connectivity index (χ0) is 16.8. The van der Waals surface area contributed by atoms with Gasteiger partial charge < -0.3 is 15.0 Å². The number of nitrogens with zero attached hydrogens (tertiary/aromatic N) is 1. The molecule has 0 bridgehead atoms. The summed E-state index contributed by atoms with van der Waals surface area (Å²) in [5.74, 6) is 0.434. The van der Waals surface area contributed by atoms with Crippen LogP contribution in [-0.2, 0) is 4.79 Å². The molecule has 1 unspecified atom stereocenters. The lowest BCUT2D eigenvalue weighted by molar-refractivity contribution is -0.122. The zero-order valence-electron chi connectivity index (χ0n) is 13.6. The average molecular weight is 339 g/mol. The Kier molecular flexibility index (Phi) is 6.28. The first kappa shape index (κ1) is 17.6. The van der Waals surface area contributed by atoms with Crippen molar-refractivity contribution >= 4 is 23.4 Å². The van der Waals surface area contributed by atoms with E-state index < -0.39 is 0 Å². The van der Waals surface area contributed by atoms with E-state index in [1.54, 1.807) is 23.1 Å². The Hall–Kier alpha value is -1.75. The van der Waals surface area contributed by atoms with Crippen LogP contribution in [0.3, 0.4) is 0 Å². The van der Waals surface area contributed by atoms with Crippen LogP contribution in [0.25, 0.3) is 0 Å². The number of hydrogen-bond donors (Lipinski definition) is 1. The van der Waals surface area contributed by atoms with Crippen LogP contribution < -0.4 is 10.1 Å². The summed E-state index contributed by atoms with van der Waals surface area (Å²) in [6.07, 6.45) is 3.12. The van der Waals surface area contributed by atoms with Crippen LogP contribution >= 0.6 is 11.6 Å². The van der Waals surface area contributed by atoms with Gasteiger partial charge in [-0.25, -0.2) is 0 Å². The largest absolute Gasteiger partial charge is 0.496 e. The van der Waals surface area contributed by atoms with E-state index in [1.165, 1.54) is 7.11 Å². The van der Waals surface area contributed by atoms with E-state index in [2.05, 4.69) is 5.32 Å². The molecule has 2 rings (SSSR count). The van der Waals surface area contributed by atoms with Crippen molar-refractivity contribution < 1.29 is 14.3 Å². The topological polar surface area (TPSA) is 58.6 Å². The first-order chi connectivity index (χ1) is 11.0. The third-order valence-corrected chi connectivity index (χ3v) is 4.18. The number of carbonyl (C=O) groups excluding carboxylic acids is 2. The van der Waals surface area contributed by atoms with Crippen molar-refractivity contribution in [3.63, 3.8) is 0 Å². The van der Waals surface area contributed by atoms with Gasteiger partial charge in [0.1, 0.15) is 5.75 Å². The highest BCUT2D eigenvalue weighted by atomic mass is 35.5. The second-order valence-electron chi connectivity index (χ2n) is 5.75. The standard InChI is InChI=1S/C17H23ClN2O3/c1-3-5-16(21)19-13-6-4-9-20(11-13)17(22)14-8-7-12(18)10-15(14)23-2/h7-8,10,13H,3-6,9,11H2,1-2H3,(H,19,21). The minimum Gasteiger partial charge on any atom is -0.496 e. The highest BCUT2D eigenvalue weighted by Gasteiger charge is 2.27. The fourth-order valence-corrected chi connectivity index (χ4v) is 2.98. The lowest BCUT2D eigenvalue weighted by atomic mass is 10.0. The Morgan fingerprint density at radius 2 is 2.22 bits per heavy atom. The number of likely N-dealkylation sites (tertiary alicyclic amines) is 1. The van der Waals surface area contributed by atoms with Crippen molar-refractivity contribution in [2.24, 2.45) is 0 Å². The summed E-state index contributed by atoms with van der Waals surface area (Å²) in [7, 11) is 1.52. The molecule has 2 amide bonds. The van der Waals surface area contributed by atoms with Crippen molar-refractivity contribution in [3.8, 4) is 5.75 Å². The normalized spacial score (nSPS) is 17.7. The number of ether oxygens (including phenoxy) is 1. The molecular formula is C17H23ClN2O3. The monoisotopic (exact) mass is 338 g/mol. The summed E-state index contributed by atoms with van der Waals surface area (Å²) in [4.78, 5) is 26.3. The molecule has 0 saturated carbocycles. The number of piperidine rings is 1. The first-order valence-electron chi connectivity index (χ1n) is 7.97. The smallest absolute Gasteiger partial charge is 0.257 e. The molecule has 0 aromatic heterocycles. The molecule has 1 saturated heterocycles. The summed E-state index contributed by atoms with van der Waals surface area (Å²) in [6, 6.07) is 5.02. The maximum atomic E-state index is 12.7. The number of benzene rings is 1. The van der Waals surface area contributed by atoms with Gasteiger partial charge in [-0.1, -0.05) is 18.5 Å². The number of methoxy groups -OCH3 is 1.